The molecule has 0 heterocycles. The van der Waals surface area contributed by atoms with Gasteiger partial charge in [-0.1, -0.05) is 0 Å². The molecule has 0 atom stereocenters. The van der Waals surface area contributed by atoms with Crippen molar-refractivity contribution in [2.24, 2.45) is 0 Å². The van der Waals surface area contributed by atoms with Gasteiger partial charge in [-0.3, -0.25) is 0 Å². The van der Waals surface area contributed by atoms with Crippen LogP contribution in [-0.2, 0) is 24.2 Å². The van der Waals surface area contributed by atoms with Crippen LogP contribution < -0.4 is 0 Å². The summed E-state index contributed by atoms with van der Waals surface area (Å²) in [6.45, 7) is 0. The van der Waals surface area contributed by atoms with Crippen molar-refractivity contribution in [2.45, 2.75) is 0 Å². The standard InChI is InChI=1S/CH2O2.W/c1-3-2;/h1-2H;. The van der Waals surface area contributed by atoms with E-state index in [1.807, 2.05) is 0 Å². The summed E-state index contributed by atoms with van der Waals surface area (Å²) in [5.41, 5.74) is 0. The van der Waals surface area contributed by atoms with Gasteiger partial charge in [-0.25, -0.2) is 0 Å². The third kappa shape index (κ3) is 2.48. The SMILES string of the molecule is OO[CH]=[W]. The van der Waals surface area contributed by atoms with Crippen LogP contribution >= 0.6 is 0 Å². The third-order valence-corrected chi connectivity index (χ3v) is 0.352. The van der Waals surface area contributed by atoms with Crippen LogP contribution in [0.25, 0.3) is 0 Å². The Kier molecular flexibility index (Phi) is 3.89. The van der Waals surface area contributed by atoms with E-state index >= 15 is 0 Å². The van der Waals surface area contributed by atoms with Crippen LogP contribution in [0.2, 0.25) is 0 Å². The minimum atomic E-state index is 1.11. The first kappa shape index (κ1) is 4.48. The van der Waals surface area contributed by atoms with Gasteiger partial charge in [0.2, 0.25) is 0 Å². The average Bonchev–Trinajstić information content (AvgIpc) is 1.37. The Morgan fingerprint density at radius 3 is 2.25 bits per heavy atom. The van der Waals surface area contributed by atoms with E-state index in [4.69, 9.17) is 5.26 Å². The van der Waals surface area contributed by atoms with E-state index in [0.717, 1.165) is 19.4 Å². The number of hydrogen-bond acceptors (Lipinski definition) is 2. The molecule has 0 spiro atoms. The van der Waals surface area contributed by atoms with Gasteiger partial charge in [0.1, 0.15) is 0 Å². The summed E-state index contributed by atoms with van der Waals surface area (Å²) in [6.07, 6.45) is 0. The van der Waals surface area contributed by atoms with Crippen LogP contribution in [0.3, 0.4) is 0 Å². The third-order valence-electron chi connectivity index (χ3n) is 0.0430. The van der Waals surface area contributed by atoms with Gasteiger partial charge < -0.3 is 0 Å². The fourth-order valence-corrected chi connectivity index (χ4v) is 0. The monoisotopic (exact) mass is 230 g/mol. The van der Waals surface area contributed by atoms with Gasteiger partial charge in [0.25, 0.3) is 0 Å². The molecule has 24 valence electrons. The van der Waals surface area contributed by atoms with Gasteiger partial charge in [-0.2, -0.15) is 0 Å². The Bertz CT molecular complexity index is 20.0. The van der Waals surface area contributed by atoms with Gasteiger partial charge in [0, 0.05) is 0 Å². The number of hydrogen-bond donors (Lipinski definition) is 1. The van der Waals surface area contributed by atoms with Crippen molar-refractivity contribution in [3.63, 3.8) is 0 Å². The molecule has 0 aliphatic heterocycles. The van der Waals surface area contributed by atoms with Crippen molar-refractivity contribution in [3.05, 3.63) is 0 Å². The molecule has 4 heavy (non-hydrogen) atoms. The predicted octanol–water partition coefficient (Wildman–Crippen LogP) is -0.217. The molecule has 0 fully saturated rings. The zero-order valence-electron chi connectivity index (χ0n) is 1.84. The summed E-state index contributed by atoms with van der Waals surface area (Å²) in [6, 6.07) is 0. The summed E-state index contributed by atoms with van der Waals surface area (Å²) in [5, 5.41) is 7.34. The zero-order valence-corrected chi connectivity index (χ0v) is 4.77. The molecular formula is CH2O2W. The first-order valence-electron chi connectivity index (χ1n) is 0.654. The van der Waals surface area contributed by atoms with Crippen molar-refractivity contribution in [1.82, 2.24) is 0 Å². The van der Waals surface area contributed by atoms with Crippen molar-refractivity contribution in [1.29, 1.82) is 0 Å². The molecule has 0 amide bonds. The Balaban J connectivity index is 2.30. The van der Waals surface area contributed by atoms with Crippen LogP contribution in [-0.4, -0.2) is 9.84 Å². The summed E-state index contributed by atoms with van der Waals surface area (Å²) >= 11 is 1.11. The molecule has 0 aromatic carbocycles. The van der Waals surface area contributed by atoms with E-state index in [9.17, 15) is 0 Å². The molecule has 0 unspecified atom stereocenters. The van der Waals surface area contributed by atoms with Crippen molar-refractivity contribution in [2.75, 3.05) is 0 Å². The Morgan fingerprint density at radius 2 is 2.25 bits per heavy atom. The minimum absolute atomic E-state index is 1.11. The average molecular weight is 230 g/mol. The molecule has 0 saturated carbocycles. The van der Waals surface area contributed by atoms with E-state index in [1.165, 1.54) is 4.59 Å². The van der Waals surface area contributed by atoms with Crippen LogP contribution in [0, 0.1) is 0 Å². The summed E-state index contributed by atoms with van der Waals surface area (Å²) < 4.78 is 1.26. The molecule has 0 aliphatic carbocycles. The zero-order chi connectivity index (χ0) is 3.41. The van der Waals surface area contributed by atoms with Gasteiger partial charge in [0.15, 0.2) is 0 Å². The van der Waals surface area contributed by atoms with E-state index in [0.29, 0.717) is 0 Å². The number of rotatable bonds is 1. The van der Waals surface area contributed by atoms with Crippen LogP contribution in [0.4, 0.5) is 0 Å². The molecule has 2 nitrogen and oxygen atoms in total. The van der Waals surface area contributed by atoms with Crippen LogP contribution in [0.15, 0.2) is 0 Å². The predicted molar refractivity (Wildman–Crippen MR) is 9.78 cm³/mol. The van der Waals surface area contributed by atoms with Crippen LogP contribution in [0.1, 0.15) is 0 Å². The molecule has 0 bridgehead atoms. The van der Waals surface area contributed by atoms with E-state index in [1.54, 1.807) is 0 Å². The maximum atomic E-state index is 7.34. The quantitative estimate of drug-likeness (QED) is 0.498. The Hall–Kier alpha value is 0.478. The summed E-state index contributed by atoms with van der Waals surface area (Å²) in [4.78, 5) is 3.45. The van der Waals surface area contributed by atoms with Gasteiger partial charge >= 0.3 is 34.1 Å². The van der Waals surface area contributed by atoms with Crippen molar-refractivity contribution >= 4 is 4.59 Å². The second kappa shape index (κ2) is 3.48. The topological polar surface area (TPSA) is 29.5 Å². The summed E-state index contributed by atoms with van der Waals surface area (Å²) in [7, 11) is 0. The van der Waals surface area contributed by atoms with Crippen molar-refractivity contribution < 1.29 is 29.5 Å². The van der Waals surface area contributed by atoms with Gasteiger partial charge in [-0.15, -0.1) is 0 Å². The fraction of sp³-hybridized carbons (Fsp3) is 0. The normalized spacial score (nSPS) is 6.25. The first-order chi connectivity index (χ1) is 1.91. The second-order valence-electron chi connectivity index (χ2n) is 0.202. The molecule has 0 aromatic rings. The first-order valence-corrected chi connectivity index (χ1v) is 2.35. The molecule has 0 rings (SSSR count). The molecule has 0 saturated heterocycles. The molecular weight excluding hydrogens is 228 g/mol. The fourth-order valence-electron chi connectivity index (χ4n) is 0. The van der Waals surface area contributed by atoms with E-state index < -0.39 is 0 Å². The van der Waals surface area contributed by atoms with E-state index in [-0.39, 0.29) is 0 Å². The molecule has 1 N–H and O–H groups in total. The maximum absolute atomic E-state index is 7.34. The Morgan fingerprint density at radius 1 is 2.00 bits per heavy atom. The van der Waals surface area contributed by atoms with Gasteiger partial charge in [0.05, 0.1) is 0 Å². The molecule has 0 aliphatic rings. The van der Waals surface area contributed by atoms with E-state index in [2.05, 4.69) is 4.89 Å². The molecule has 0 radical (unpaired) electrons. The molecule has 3 heteroatoms. The Labute approximate surface area is 34.7 Å². The summed E-state index contributed by atoms with van der Waals surface area (Å²) in [5.74, 6) is 0. The van der Waals surface area contributed by atoms with Gasteiger partial charge in [-0.05, 0) is 0 Å². The second-order valence-corrected chi connectivity index (χ2v) is 0.893. The molecule has 0 aromatic heterocycles. The van der Waals surface area contributed by atoms with Crippen molar-refractivity contribution in [3.8, 4) is 0 Å². The van der Waals surface area contributed by atoms with Crippen LogP contribution in [0.5, 0.6) is 0 Å².